The summed E-state index contributed by atoms with van der Waals surface area (Å²) < 4.78 is 10.8. The molecule has 0 unspecified atom stereocenters. The van der Waals surface area contributed by atoms with Crippen molar-refractivity contribution in [3.05, 3.63) is 46.7 Å². The predicted molar refractivity (Wildman–Crippen MR) is 96.3 cm³/mol. The first kappa shape index (κ1) is 16.9. The number of benzene rings is 1. The highest BCUT2D eigenvalue weighted by Crippen LogP contribution is 2.33. The molecule has 0 radical (unpaired) electrons. The maximum Gasteiger partial charge on any atom is 0.161 e. The largest absolute Gasteiger partial charge is 0.493 e. The van der Waals surface area contributed by atoms with Crippen molar-refractivity contribution in [2.45, 2.75) is 13.0 Å². The van der Waals surface area contributed by atoms with Crippen LogP contribution >= 0.6 is 11.6 Å². The second-order valence-electron chi connectivity index (χ2n) is 5.80. The predicted octanol–water partition coefficient (Wildman–Crippen LogP) is 3.22. The number of anilines is 1. The normalized spacial score (nSPS) is 14.1. The molecular formula is C18H22ClN3O2. The Labute approximate surface area is 147 Å². The van der Waals surface area contributed by atoms with Gasteiger partial charge in [0.25, 0.3) is 0 Å². The molecule has 1 aromatic heterocycles. The summed E-state index contributed by atoms with van der Waals surface area (Å²) in [6, 6.07) is 7.96. The van der Waals surface area contributed by atoms with Crippen LogP contribution in [0.1, 0.15) is 11.1 Å². The molecule has 6 heteroatoms. The van der Waals surface area contributed by atoms with Gasteiger partial charge in [-0.3, -0.25) is 4.90 Å². The Balaban J connectivity index is 1.58. The van der Waals surface area contributed by atoms with Crippen LogP contribution in [0.4, 0.5) is 5.69 Å². The summed E-state index contributed by atoms with van der Waals surface area (Å²) in [5, 5.41) is 3.89. The molecule has 1 aliphatic rings. The molecule has 0 aliphatic carbocycles. The molecule has 5 nitrogen and oxygen atoms in total. The van der Waals surface area contributed by atoms with Gasteiger partial charge >= 0.3 is 0 Å². The van der Waals surface area contributed by atoms with Crippen molar-refractivity contribution in [3.8, 4) is 11.5 Å². The van der Waals surface area contributed by atoms with Gasteiger partial charge < -0.3 is 14.8 Å². The van der Waals surface area contributed by atoms with E-state index in [0.717, 1.165) is 49.8 Å². The van der Waals surface area contributed by atoms with Gasteiger partial charge in [-0.15, -0.1) is 0 Å². The SMILES string of the molecule is COc1cc2c(cc1OC)CN(CCNc1ccnc(Cl)c1)CC2. The molecule has 3 rings (SSSR count). The van der Waals surface area contributed by atoms with E-state index in [1.165, 1.54) is 11.1 Å². The molecule has 0 atom stereocenters. The zero-order valence-electron chi connectivity index (χ0n) is 14.0. The highest BCUT2D eigenvalue weighted by molar-refractivity contribution is 6.29. The summed E-state index contributed by atoms with van der Waals surface area (Å²) in [5.74, 6) is 1.60. The van der Waals surface area contributed by atoms with Crippen LogP contribution in [0, 0.1) is 0 Å². The molecule has 1 aromatic carbocycles. The van der Waals surface area contributed by atoms with Crippen LogP contribution in [0.2, 0.25) is 5.15 Å². The van der Waals surface area contributed by atoms with E-state index in [1.54, 1.807) is 20.4 Å². The van der Waals surface area contributed by atoms with Crippen molar-refractivity contribution < 1.29 is 9.47 Å². The Morgan fingerprint density at radius 2 is 1.92 bits per heavy atom. The van der Waals surface area contributed by atoms with Gasteiger partial charge in [0, 0.05) is 38.1 Å². The summed E-state index contributed by atoms with van der Waals surface area (Å²) >= 11 is 5.90. The van der Waals surface area contributed by atoms with Crippen molar-refractivity contribution >= 4 is 17.3 Å². The Hall–Kier alpha value is -1.98. The monoisotopic (exact) mass is 347 g/mol. The molecule has 128 valence electrons. The van der Waals surface area contributed by atoms with Gasteiger partial charge in [0.1, 0.15) is 5.15 Å². The fraction of sp³-hybridized carbons (Fsp3) is 0.389. The van der Waals surface area contributed by atoms with Crippen LogP contribution < -0.4 is 14.8 Å². The standard InChI is InChI=1S/C18H22ClN3O2/c1-23-16-9-13-4-7-22(12-14(13)10-17(16)24-2)8-6-20-15-3-5-21-18(19)11-15/h3,5,9-11H,4,6-8,12H2,1-2H3,(H,20,21). The maximum atomic E-state index is 5.90. The van der Waals surface area contributed by atoms with Crippen molar-refractivity contribution in [1.82, 2.24) is 9.88 Å². The second kappa shape index (κ2) is 7.73. The minimum absolute atomic E-state index is 0.507. The highest BCUT2D eigenvalue weighted by Gasteiger charge is 2.19. The lowest BCUT2D eigenvalue weighted by atomic mass is 9.99. The number of halogens is 1. The van der Waals surface area contributed by atoms with Crippen molar-refractivity contribution in [2.75, 3.05) is 39.2 Å². The summed E-state index contributed by atoms with van der Waals surface area (Å²) in [6.45, 7) is 3.80. The average Bonchev–Trinajstić information content (AvgIpc) is 2.60. The first-order chi connectivity index (χ1) is 11.7. The Morgan fingerprint density at radius 1 is 1.17 bits per heavy atom. The number of rotatable bonds is 6. The van der Waals surface area contributed by atoms with Gasteiger partial charge in [0.15, 0.2) is 11.5 Å². The summed E-state index contributed by atoms with van der Waals surface area (Å²) in [6.07, 6.45) is 2.73. The number of hydrogen-bond donors (Lipinski definition) is 1. The smallest absolute Gasteiger partial charge is 0.161 e. The summed E-state index contributed by atoms with van der Waals surface area (Å²) in [4.78, 5) is 6.42. The molecule has 1 N–H and O–H groups in total. The number of ether oxygens (including phenoxy) is 2. The number of methoxy groups -OCH3 is 2. The maximum absolute atomic E-state index is 5.90. The van der Waals surface area contributed by atoms with E-state index in [0.29, 0.717) is 5.15 Å². The highest BCUT2D eigenvalue weighted by atomic mass is 35.5. The summed E-state index contributed by atoms with van der Waals surface area (Å²) in [7, 11) is 3.35. The van der Waals surface area contributed by atoms with Gasteiger partial charge in [0.2, 0.25) is 0 Å². The summed E-state index contributed by atoms with van der Waals surface area (Å²) in [5.41, 5.74) is 3.66. The van der Waals surface area contributed by atoms with Crippen LogP contribution in [-0.4, -0.2) is 43.7 Å². The molecule has 0 bridgehead atoms. The fourth-order valence-electron chi connectivity index (χ4n) is 3.00. The number of nitrogens with zero attached hydrogens (tertiary/aromatic N) is 2. The Kier molecular flexibility index (Phi) is 5.43. The average molecular weight is 348 g/mol. The van der Waals surface area contributed by atoms with E-state index in [-0.39, 0.29) is 0 Å². The van der Waals surface area contributed by atoms with Crippen LogP contribution in [0.3, 0.4) is 0 Å². The van der Waals surface area contributed by atoms with E-state index < -0.39 is 0 Å². The molecule has 2 aromatic rings. The van der Waals surface area contributed by atoms with E-state index in [2.05, 4.69) is 27.3 Å². The number of aromatic nitrogens is 1. The lowest BCUT2D eigenvalue weighted by Crippen LogP contribution is -2.34. The molecule has 0 saturated heterocycles. The number of hydrogen-bond acceptors (Lipinski definition) is 5. The number of fused-ring (bicyclic) bond motifs is 1. The molecule has 0 spiro atoms. The first-order valence-electron chi connectivity index (χ1n) is 8.01. The minimum atomic E-state index is 0.507. The van der Waals surface area contributed by atoms with Gasteiger partial charge in [-0.05, 0) is 41.8 Å². The van der Waals surface area contributed by atoms with Gasteiger partial charge in [-0.25, -0.2) is 4.98 Å². The molecule has 0 fully saturated rings. The van der Waals surface area contributed by atoms with Crippen molar-refractivity contribution in [3.63, 3.8) is 0 Å². The zero-order valence-corrected chi connectivity index (χ0v) is 14.8. The minimum Gasteiger partial charge on any atom is -0.493 e. The second-order valence-corrected chi connectivity index (χ2v) is 6.18. The number of nitrogens with one attached hydrogen (secondary N) is 1. The van der Waals surface area contributed by atoms with Crippen molar-refractivity contribution in [2.24, 2.45) is 0 Å². The molecule has 0 amide bonds. The molecule has 24 heavy (non-hydrogen) atoms. The van der Waals surface area contributed by atoms with Crippen LogP contribution in [0.25, 0.3) is 0 Å². The van der Waals surface area contributed by atoms with Gasteiger partial charge in [0.05, 0.1) is 14.2 Å². The molecule has 0 saturated carbocycles. The van der Waals surface area contributed by atoms with Crippen LogP contribution in [-0.2, 0) is 13.0 Å². The Morgan fingerprint density at radius 3 is 2.62 bits per heavy atom. The lowest BCUT2D eigenvalue weighted by Gasteiger charge is -2.29. The lowest BCUT2D eigenvalue weighted by molar-refractivity contribution is 0.262. The molecule has 1 aliphatic heterocycles. The van der Waals surface area contributed by atoms with Gasteiger partial charge in [-0.2, -0.15) is 0 Å². The number of pyridine rings is 1. The van der Waals surface area contributed by atoms with E-state index in [1.807, 2.05) is 12.1 Å². The zero-order chi connectivity index (χ0) is 16.9. The third kappa shape index (κ3) is 3.91. The topological polar surface area (TPSA) is 46.6 Å². The molecular weight excluding hydrogens is 326 g/mol. The Bertz CT molecular complexity index is 709. The third-order valence-corrected chi connectivity index (χ3v) is 4.49. The van der Waals surface area contributed by atoms with E-state index in [9.17, 15) is 0 Å². The quantitative estimate of drug-likeness (QED) is 0.813. The molecule has 2 heterocycles. The van der Waals surface area contributed by atoms with Gasteiger partial charge in [-0.1, -0.05) is 11.6 Å². The van der Waals surface area contributed by atoms with E-state index >= 15 is 0 Å². The third-order valence-electron chi connectivity index (χ3n) is 4.28. The fourth-order valence-corrected chi connectivity index (χ4v) is 3.18. The van der Waals surface area contributed by atoms with Crippen LogP contribution in [0.5, 0.6) is 11.5 Å². The van der Waals surface area contributed by atoms with Crippen molar-refractivity contribution in [1.29, 1.82) is 0 Å². The first-order valence-corrected chi connectivity index (χ1v) is 8.39. The van der Waals surface area contributed by atoms with E-state index in [4.69, 9.17) is 21.1 Å². The van der Waals surface area contributed by atoms with Crippen LogP contribution in [0.15, 0.2) is 30.5 Å².